The maximum Gasteiger partial charge on any atom is 0.141 e. The molecule has 0 spiro atoms. The van der Waals surface area contributed by atoms with Crippen LogP contribution in [0.15, 0.2) is 72.8 Å². The zero-order chi connectivity index (χ0) is 18.8. The molecule has 136 valence electrons. The molecule has 27 heavy (non-hydrogen) atoms. The molecule has 0 aliphatic rings. The summed E-state index contributed by atoms with van der Waals surface area (Å²) in [4.78, 5) is 4.88. The first-order valence-electron chi connectivity index (χ1n) is 9.45. The lowest BCUT2D eigenvalue weighted by Gasteiger charge is -2.12. The first kappa shape index (κ1) is 17.8. The molecule has 0 bridgehead atoms. The molecule has 3 heteroatoms. The van der Waals surface area contributed by atoms with Crippen molar-refractivity contribution in [3.63, 3.8) is 0 Å². The minimum absolute atomic E-state index is 0.593. The number of fused-ring (bicyclic) bond motifs is 1. The molecule has 0 fully saturated rings. The van der Waals surface area contributed by atoms with Crippen LogP contribution in [-0.2, 0) is 6.54 Å². The van der Waals surface area contributed by atoms with Crippen LogP contribution < -0.4 is 0 Å². The highest BCUT2D eigenvalue weighted by Gasteiger charge is 2.13. The summed E-state index contributed by atoms with van der Waals surface area (Å²) in [7, 11) is 0. The molecular formula is C24H23ClN2. The molecule has 4 aromatic rings. The van der Waals surface area contributed by atoms with Crippen LogP contribution in [0.25, 0.3) is 22.4 Å². The predicted molar refractivity (Wildman–Crippen MR) is 114 cm³/mol. The van der Waals surface area contributed by atoms with Crippen molar-refractivity contribution >= 4 is 22.6 Å². The van der Waals surface area contributed by atoms with Gasteiger partial charge < -0.3 is 4.57 Å². The zero-order valence-electron chi connectivity index (χ0n) is 15.7. The van der Waals surface area contributed by atoms with Gasteiger partial charge in [0.1, 0.15) is 5.82 Å². The fourth-order valence-electron chi connectivity index (χ4n) is 3.45. The van der Waals surface area contributed by atoms with Gasteiger partial charge >= 0.3 is 0 Å². The molecule has 0 aliphatic carbocycles. The third-order valence-corrected chi connectivity index (χ3v) is 5.47. The smallest absolute Gasteiger partial charge is 0.141 e. The first-order chi connectivity index (χ1) is 13.2. The average Bonchev–Trinajstić information content (AvgIpc) is 3.06. The van der Waals surface area contributed by atoms with Crippen LogP contribution in [0.2, 0.25) is 5.02 Å². The molecule has 0 saturated heterocycles. The molecule has 0 amide bonds. The molecule has 0 aliphatic heterocycles. The average molecular weight is 375 g/mol. The Morgan fingerprint density at radius 1 is 0.963 bits per heavy atom. The van der Waals surface area contributed by atoms with Gasteiger partial charge in [0.25, 0.3) is 0 Å². The van der Waals surface area contributed by atoms with Crippen molar-refractivity contribution in [2.45, 2.75) is 32.7 Å². The minimum Gasteiger partial charge on any atom is -0.319 e. The molecule has 0 radical (unpaired) electrons. The fourth-order valence-corrected chi connectivity index (χ4v) is 3.64. The molecule has 4 rings (SSSR count). The van der Waals surface area contributed by atoms with Crippen LogP contribution in [0.4, 0.5) is 0 Å². The van der Waals surface area contributed by atoms with E-state index in [1.807, 2.05) is 24.3 Å². The molecule has 1 aromatic heterocycles. The van der Waals surface area contributed by atoms with Gasteiger partial charge in [-0.2, -0.15) is 0 Å². The van der Waals surface area contributed by atoms with E-state index in [1.165, 1.54) is 11.1 Å². The summed E-state index contributed by atoms with van der Waals surface area (Å²) in [5.74, 6) is 1.54. The summed E-state index contributed by atoms with van der Waals surface area (Å²) in [6.07, 6.45) is 1.16. The predicted octanol–water partition coefficient (Wildman–Crippen LogP) is 6.92. The first-order valence-corrected chi connectivity index (χ1v) is 9.83. The Kier molecular flexibility index (Phi) is 5.00. The van der Waals surface area contributed by atoms with Gasteiger partial charge in [0.05, 0.1) is 11.0 Å². The van der Waals surface area contributed by atoms with Gasteiger partial charge in [-0.15, -0.1) is 0 Å². The normalized spacial score (nSPS) is 12.4. The Morgan fingerprint density at radius 2 is 1.74 bits per heavy atom. The summed E-state index contributed by atoms with van der Waals surface area (Å²) < 4.78 is 2.28. The van der Waals surface area contributed by atoms with Gasteiger partial charge in [-0.25, -0.2) is 4.98 Å². The Labute approximate surface area is 165 Å². The van der Waals surface area contributed by atoms with Crippen molar-refractivity contribution in [2.24, 2.45) is 0 Å². The molecule has 3 aromatic carbocycles. The maximum atomic E-state index is 6.23. The number of nitrogens with zero attached hydrogens (tertiary/aromatic N) is 2. The van der Waals surface area contributed by atoms with Crippen LogP contribution in [-0.4, -0.2) is 9.55 Å². The van der Waals surface area contributed by atoms with E-state index in [-0.39, 0.29) is 0 Å². The Morgan fingerprint density at radius 3 is 2.48 bits per heavy atom. The van der Waals surface area contributed by atoms with Gasteiger partial charge in [-0.05, 0) is 47.7 Å². The van der Waals surface area contributed by atoms with Gasteiger partial charge in [0.2, 0.25) is 0 Å². The van der Waals surface area contributed by atoms with E-state index in [9.17, 15) is 0 Å². The highest BCUT2D eigenvalue weighted by molar-refractivity contribution is 6.30. The highest BCUT2D eigenvalue weighted by Crippen LogP contribution is 2.28. The second-order valence-corrected chi connectivity index (χ2v) is 7.51. The molecule has 1 heterocycles. The summed E-state index contributed by atoms with van der Waals surface area (Å²) in [6.45, 7) is 5.28. The maximum absolute atomic E-state index is 6.23. The minimum atomic E-state index is 0.593. The number of para-hydroxylation sites is 2. The Bertz CT molecular complexity index is 1060. The number of rotatable bonds is 5. The monoisotopic (exact) mass is 374 g/mol. The lowest BCUT2D eigenvalue weighted by atomic mass is 9.97. The van der Waals surface area contributed by atoms with Crippen molar-refractivity contribution in [3.05, 3.63) is 88.9 Å². The summed E-state index contributed by atoms with van der Waals surface area (Å²) in [5, 5.41) is 0.726. The SMILES string of the molecule is CCC(C)c1ccc(Cn2c(-c3cccc(Cl)c3)nc3ccccc32)cc1. The number of benzene rings is 3. The van der Waals surface area contributed by atoms with Crippen molar-refractivity contribution in [3.8, 4) is 11.4 Å². The molecular weight excluding hydrogens is 352 g/mol. The van der Waals surface area contributed by atoms with Crippen LogP contribution in [0.1, 0.15) is 37.3 Å². The summed E-state index contributed by atoms with van der Waals surface area (Å²) in [6, 6.07) is 25.2. The molecule has 0 N–H and O–H groups in total. The largest absolute Gasteiger partial charge is 0.319 e. The van der Waals surface area contributed by atoms with E-state index in [0.717, 1.165) is 40.4 Å². The fraction of sp³-hybridized carbons (Fsp3) is 0.208. The van der Waals surface area contributed by atoms with Crippen LogP contribution >= 0.6 is 11.6 Å². The number of hydrogen-bond acceptors (Lipinski definition) is 1. The summed E-state index contributed by atoms with van der Waals surface area (Å²) in [5.41, 5.74) is 5.84. The quantitative estimate of drug-likeness (QED) is 0.370. The molecule has 0 saturated carbocycles. The number of halogens is 1. The van der Waals surface area contributed by atoms with Crippen LogP contribution in [0.5, 0.6) is 0 Å². The Hall–Kier alpha value is -2.58. The van der Waals surface area contributed by atoms with Crippen LogP contribution in [0, 0.1) is 0 Å². The zero-order valence-corrected chi connectivity index (χ0v) is 16.4. The van der Waals surface area contributed by atoms with Gasteiger partial charge in [-0.1, -0.05) is 74.0 Å². The van der Waals surface area contributed by atoms with Crippen LogP contribution in [0.3, 0.4) is 0 Å². The van der Waals surface area contributed by atoms with E-state index in [4.69, 9.17) is 16.6 Å². The summed E-state index contributed by atoms with van der Waals surface area (Å²) >= 11 is 6.23. The van der Waals surface area contributed by atoms with Crippen molar-refractivity contribution in [1.29, 1.82) is 0 Å². The van der Waals surface area contributed by atoms with E-state index in [0.29, 0.717) is 5.92 Å². The molecule has 1 atom stereocenters. The van der Waals surface area contributed by atoms with E-state index >= 15 is 0 Å². The third-order valence-electron chi connectivity index (χ3n) is 5.24. The number of aromatic nitrogens is 2. The molecule has 1 unspecified atom stereocenters. The van der Waals surface area contributed by atoms with E-state index in [2.05, 4.69) is 66.9 Å². The third kappa shape index (κ3) is 3.63. The standard InChI is InChI=1S/C24H23ClN2/c1-3-17(2)19-13-11-18(12-14-19)16-27-23-10-5-4-9-22(23)26-24(27)20-7-6-8-21(25)15-20/h4-15,17H,3,16H2,1-2H3. The lowest BCUT2D eigenvalue weighted by Crippen LogP contribution is -2.03. The van der Waals surface area contributed by atoms with Gasteiger partial charge in [0.15, 0.2) is 0 Å². The van der Waals surface area contributed by atoms with Crippen molar-refractivity contribution in [2.75, 3.05) is 0 Å². The van der Waals surface area contributed by atoms with Gasteiger partial charge in [0, 0.05) is 17.1 Å². The van der Waals surface area contributed by atoms with Crippen molar-refractivity contribution in [1.82, 2.24) is 9.55 Å². The van der Waals surface area contributed by atoms with E-state index < -0.39 is 0 Å². The number of imidazole rings is 1. The molecule has 2 nitrogen and oxygen atoms in total. The van der Waals surface area contributed by atoms with Crippen molar-refractivity contribution < 1.29 is 0 Å². The topological polar surface area (TPSA) is 17.8 Å². The second kappa shape index (κ2) is 7.58. The highest BCUT2D eigenvalue weighted by atomic mass is 35.5. The van der Waals surface area contributed by atoms with Gasteiger partial charge in [-0.3, -0.25) is 0 Å². The lowest BCUT2D eigenvalue weighted by molar-refractivity contribution is 0.732. The van der Waals surface area contributed by atoms with E-state index in [1.54, 1.807) is 0 Å². The second-order valence-electron chi connectivity index (χ2n) is 7.07. The number of hydrogen-bond donors (Lipinski definition) is 0. The Balaban J connectivity index is 1.77.